The van der Waals surface area contributed by atoms with E-state index in [1.807, 2.05) is 12.5 Å². The summed E-state index contributed by atoms with van der Waals surface area (Å²) in [5.41, 5.74) is 1.34. The second-order valence-electron chi connectivity index (χ2n) is 8.34. The summed E-state index contributed by atoms with van der Waals surface area (Å²) >= 11 is -2.47. The molecular formula is C20H40O2SiSn. The van der Waals surface area contributed by atoms with Crippen molar-refractivity contribution in [2.45, 2.75) is 96.4 Å². The van der Waals surface area contributed by atoms with E-state index in [4.69, 9.17) is 8.84 Å². The Bertz CT molecular complexity index is 404. The van der Waals surface area contributed by atoms with Gasteiger partial charge in [-0.05, 0) is 0 Å². The third kappa shape index (κ3) is 7.24. The molecule has 1 unspecified atom stereocenters. The van der Waals surface area contributed by atoms with Crippen molar-refractivity contribution in [2.24, 2.45) is 0 Å². The molecular weight excluding hydrogens is 419 g/mol. The monoisotopic (exact) mass is 460 g/mol. The number of hydrogen-bond acceptors (Lipinski definition) is 2. The summed E-state index contributed by atoms with van der Waals surface area (Å²) in [6.07, 6.45) is 11.9. The Hall–Kier alpha value is 0.256. The van der Waals surface area contributed by atoms with Gasteiger partial charge in [0.2, 0.25) is 0 Å². The molecule has 0 saturated carbocycles. The van der Waals surface area contributed by atoms with Crippen LogP contribution < -0.4 is 0 Å². The Kier molecular flexibility index (Phi) is 10.3. The van der Waals surface area contributed by atoms with Gasteiger partial charge >= 0.3 is 156 Å². The van der Waals surface area contributed by atoms with E-state index in [0.717, 1.165) is 0 Å². The summed E-state index contributed by atoms with van der Waals surface area (Å²) in [4.78, 5) is 0. The molecule has 0 amide bonds. The minimum absolute atomic E-state index is 0.398. The molecule has 4 heteroatoms. The molecule has 1 aromatic heterocycles. The number of hydrogen-bond donors (Lipinski definition) is 0. The molecule has 0 aliphatic carbocycles. The van der Waals surface area contributed by atoms with Crippen LogP contribution in [0, 0.1) is 0 Å². The molecule has 1 heterocycles. The third-order valence-electron chi connectivity index (χ3n) is 4.96. The Balaban J connectivity index is 3.22. The van der Waals surface area contributed by atoms with Gasteiger partial charge in [-0.15, -0.1) is 0 Å². The number of rotatable bonds is 13. The predicted molar refractivity (Wildman–Crippen MR) is 111 cm³/mol. The Morgan fingerprint density at radius 3 is 1.79 bits per heavy atom. The topological polar surface area (TPSA) is 22.4 Å². The fourth-order valence-corrected chi connectivity index (χ4v) is 25.9. The van der Waals surface area contributed by atoms with Crippen LogP contribution in [0.25, 0.3) is 0 Å². The Morgan fingerprint density at radius 1 is 0.958 bits per heavy atom. The van der Waals surface area contributed by atoms with Crippen molar-refractivity contribution in [3.63, 3.8) is 0 Å². The van der Waals surface area contributed by atoms with Gasteiger partial charge in [0, 0.05) is 0 Å². The predicted octanol–water partition coefficient (Wildman–Crippen LogP) is 7.56. The van der Waals surface area contributed by atoms with Crippen LogP contribution in [0.5, 0.6) is 0 Å². The van der Waals surface area contributed by atoms with E-state index in [0.29, 0.717) is 4.12 Å². The van der Waals surface area contributed by atoms with Crippen LogP contribution in [0.1, 0.15) is 69.0 Å². The van der Waals surface area contributed by atoms with E-state index in [2.05, 4.69) is 46.5 Å². The first-order valence-corrected chi connectivity index (χ1v) is 21.2. The molecule has 1 atom stereocenters. The van der Waals surface area contributed by atoms with Crippen molar-refractivity contribution in [2.75, 3.05) is 0 Å². The first-order valence-electron chi connectivity index (χ1n) is 10.1. The van der Waals surface area contributed by atoms with Crippen molar-refractivity contribution < 1.29 is 8.84 Å². The van der Waals surface area contributed by atoms with E-state index < -0.39 is 26.7 Å². The van der Waals surface area contributed by atoms with Crippen molar-refractivity contribution in [3.05, 3.63) is 24.2 Å². The molecule has 24 heavy (non-hydrogen) atoms. The SMILES string of the molecule is CCC[CH2][Sn]([CH2]CCC)([CH2]CCC)[CH](O[Si](C)(C)C)c1ccoc1. The molecule has 0 N–H and O–H groups in total. The molecule has 0 aliphatic rings. The zero-order chi connectivity index (χ0) is 18.1. The number of unbranched alkanes of at least 4 members (excludes halogenated alkanes) is 3. The molecule has 0 radical (unpaired) electrons. The van der Waals surface area contributed by atoms with Crippen LogP contribution >= 0.6 is 0 Å². The Morgan fingerprint density at radius 2 is 1.46 bits per heavy atom. The van der Waals surface area contributed by atoms with Crippen molar-refractivity contribution in [3.8, 4) is 0 Å². The fraction of sp³-hybridized carbons (Fsp3) is 0.800. The van der Waals surface area contributed by atoms with Crippen LogP contribution in [0.2, 0.25) is 33.0 Å². The molecule has 0 spiro atoms. The van der Waals surface area contributed by atoms with Gasteiger partial charge in [-0.1, -0.05) is 0 Å². The van der Waals surface area contributed by atoms with Gasteiger partial charge < -0.3 is 0 Å². The quantitative estimate of drug-likeness (QED) is 0.284. The van der Waals surface area contributed by atoms with Crippen molar-refractivity contribution >= 4 is 26.7 Å². The van der Waals surface area contributed by atoms with Gasteiger partial charge in [0.25, 0.3) is 0 Å². The van der Waals surface area contributed by atoms with Crippen molar-refractivity contribution in [1.29, 1.82) is 0 Å². The van der Waals surface area contributed by atoms with Crippen LogP contribution in [0.3, 0.4) is 0 Å². The summed E-state index contributed by atoms with van der Waals surface area (Å²) in [6, 6.07) is 2.18. The summed E-state index contributed by atoms with van der Waals surface area (Å²) in [5, 5.41) is 0. The second-order valence-corrected chi connectivity index (χ2v) is 26.4. The van der Waals surface area contributed by atoms with Crippen LogP contribution in [-0.2, 0) is 4.43 Å². The van der Waals surface area contributed by atoms with E-state index in [-0.39, 0.29) is 0 Å². The van der Waals surface area contributed by atoms with Gasteiger partial charge in [0.15, 0.2) is 0 Å². The van der Waals surface area contributed by atoms with E-state index in [9.17, 15) is 0 Å². The third-order valence-corrected chi connectivity index (χ3v) is 22.6. The molecule has 0 aliphatic heterocycles. The molecule has 0 bridgehead atoms. The Labute approximate surface area is 155 Å². The average Bonchev–Trinajstić information content (AvgIpc) is 3.06. The second kappa shape index (κ2) is 11.1. The van der Waals surface area contributed by atoms with Crippen molar-refractivity contribution in [1.82, 2.24) is 0 Å². The molecule has 0 saturated heterocycles. The normalized spacial score (nSPS) is 14.1. The molecule has 1 aromatic rings. The zero-order valence-electron chi connectivity index (χ0n) is 17.0. The number of furan rings is 1. The zero-order valence-corrected chi connectivity index (χ0v) is 20.8. The summed E-state index contributed by atoms with van der Waals surface area (Å²) in [7, 11) is -1.59. The maximum atomic E-state index is 6.91. The summed E-state index contributed by atoms with van der Waals surface area (Å²) in [5.74, 6) is 0. The average molecular weight is 459 g/mol. The maximum absolute atomic E-state index is 6.91. The van der Waals surface area contributed by atoms with E-state index in [1.165, 1.54) is 57.4 Å². The molecule has 0 aromatic carbocycles. The van der Waals surface area contributed by atoms with Gasteiger partial charge in [-0.25, -0.2) is 0 Å². The van der Waals surface area contributed by atoms with E-state index in [1.54, 1.807) is 0 Å². The molecule has 0 fully saturated rings. The van der Waals surface area contributed by atoms with Crippen LogP contribution in [0.4, 0.5) is 0 Å². The minimum atomic E-state index is -2.47. The van der Waals surface area contributed by atoms with E-state index >= 15 is 0 Å². The standard InChI is InChI=1S/C8H13O2Si.3C4H9.Sn/c1-11(2,3)10-7-8-4-5-9-6-8;3*1-3-4-2;/h4-7H,1-3H3;3*1,3-4H2,2H3;. The molecule has 140 valence electrons. The van der Waals surface area contributed by atoms with Crippen LogP contribution in [-0.4, -0.2) is 26.7 Å². The van der Waals surface area contributed by atoms with Gasteiger partial charge in [-0.3, -0.25) is 0 Å². The summed E-state index contributed by atoms with van der Waals surface area (Å²) < 4.78 is 17.2. The van der Waals surface area contributed by atoms with Crippen LogP contribution in [0.15, 0.2) is 23.0 Å². The first-order chi connectivity index (χ1) is 11.4. The first kappa shape index (κ1) is 22.3. The van der Waals surface area contributed by atoms with Gasteiger partial charge in [-0.2, -0.15) is 0 Å². The fourth-order valence-electron chi connectivity index (χ4n) is 3.68. The molecule has 1 rings (SSSR count). The van der Waals surface area contributed by atoms with Gasteiger partial charge in [0.1, 0.15) is 0 Å². The van der Waals surface area contributed by atoms with Gasteiger partial charge in [0.05, 0.1) is 0 Å². The molecule has 2 nitrogen and oxygen atoms in total. The summed E-state index contributed by atoms with van der Waals surface area (Å²) in [6.45, 7) is 14.0.